The van der Waals surface area contributed by atoms with Crippen molar-refractivity contribution in [2.24, 2.45) is 0 Å². The summed E-state index contributed by atoms with van der Waals surface area (Å²) in [6.07, 6.45) is 4.47. The van der Waals surface area contributed by atoms with Gasteiger partial charge in [-0.05, 0) is 43.0 Å². The Hall–Kier alpha value is -3.39. The van der Waals surface area contributed by atoms with Crippen molar-refractivity contribution in [2.75, 3.05) is 31.7 Å². The topological polar surface area (TPSA) is 88.4 Å². The maximum atomic E-state index is 13.4. The number of ketones is 1. The molecule has 2 aromatic heterocycles. The number of ether oxygens (including phenoxy) is 1. The highest BCUT2D eigenvalue weighted by Crippen LogP contribution is 2.31. The summed E-state index contributed by atoms with van der Waals surface area (Å²) >= 11 is 0. The molecule has 2 heterocycles. The van der Waals surface area contributed by atoms with Crippen LogP contribution in [0.2, 0.25) is 0 Å². The monoisotopic (exact) mass is 436 g/mol. The third kappa shape index (κ3) is 5.08. The number of rotatable bonds is 9. The van der Waals surface area contributed by atoms with Gasteiger partial charge in [0.2, 0.25) is 0 Å². The molecule has 4 rings (SSSR count). The Morgan fingerprint density at radius 2 is 2.09 bits per heavy atom. The fraction of sp³-hybridized carbons (Fsp3) is 0.333. The molecule has 166 valence electrons. The second kappa shape index (κ2) is 9.82. The highest BCUT2D eigenvalue weighted by molar-refractivity contribution is 5.85. The number of hydrogen-bond donors (Lipinski definition) is 1. The Morgan fingerprint density at radius 1 is 1.22 bits per heavy atom. The average molecular weight is 436 g/mol. The minimum atomic E-state index is -0.348. The van der Waals surface area contributed by atoms with Crippen LogP contribution in [0.5, 0.6) is 5.75 Å². The number of fused-ring (bicyclic) bond motifs is 1. The van der Waals surface area contributed by atoms with E-state index in [-0.39, 0.29) is 37.8 Å². The SMILES string of the molecule is CN(CC(=O)Cc1cccc(F)c1)c1nc(-c2cc(OCCO)ccn2)nc2c1CCC2. The zero-order valence-electron chi connectivity index (χ0n) is 17.9. The fourth-order valence-corrected chi connectivity index (χ4v) is 3.90. The second-order valence-corrected chi connectivity index (χ2v) is 7.80. The van der Waals surface area contributed by atoms with Gasteiger partial charge in [-0.15, -0.1) is 0 Å². The number of hydrogen-bond acceptors (Lipinski definition) is 7. The number of aryl methyl sites for hydroxylation is 1. The molecule has 0 bridgehead atoms. The number of aliphatic hydroxyl groups is 1. The zero-order valence-corrected chi connectivity index (χ0v) is 17.9. The number of benzene rings is 1. The maximum Gasteiger partial charge on any atom is 0.180 e. The van der Waals surface area contributed by atoms with Gasteiger partial charge in [0, 0.05) is 37.0 Å². The molecule has 1 aliphatic carbocycles. The van der Waals surface area contributed by atoms with Gasteiger partial charge in [-0.25, -0.2) is 14.4 Å². The quantitative estimate of drug-likeness (QED) is 0.552. The Kier molecular flexibility index (Phi) is 6.70. The highest BCUT2D eigenvalue weighted by Gasteiger charge is 2.23. The molecule has 7 nitrogen and oxygen atoms in total. The summed E-state index contributed by atoms with van der Waals surface area (Å²) in [6.45, 7) is 0.272. The van der Waals surface area contributed by atoms with Crippen LogP contribution in [-0.2, 0) is 24.1 Å². The van der Waals surface area contributed by atoms with Crippen LogP contribution in [0.15, 0.2) is 42.6 Å². The molecule has 0 saturated carbocycles. The smallest absolute Gasteiger partial charge is 0.180 e. The zero-order chi connectivity index (χ0) is 22.5. The van der Waals surface area contributed by atoms with Crippen molar-refractivity contribution < 1.29 is 19.0 Å². The number of carbonyl (C=O) groups excluding carboxylic acids is 1. The first-order valence-electron chi connectivity index (χ1n) is 10.6. The van der Waals surface area contributed by atoms with E-state index in [1.54, 1.807) is 30.5 Å². The van der Waals surface area contributed by atoms with Gasteiger partial charge >= 0.3 is 0 Å². The molecule has 0 atom stereocenters. The summed E-state index contributed by atoms with van der Waals surface area (Å²) in [5.41, 5.74) is 3.25. The van der Waals surface area contributed by atoms with Crippen LogP contribution in [0, 0.1) is 5.82 Å². The molecule has 0 aliphatic heterocycles. The predicted molar refractivity (Wildman–Crippen MR) is 118 cm³/mol. The molecule has 0 unspecified atom stereocenters. The van der Waals surface area contributed by atoms with Gasteiger partial charge in [0.05, 0.1) is 13.2 Å². The Labute approximate surface area is 185 Å². The van der Waals surface area contributed by atoms with Gasteiger partial charge in [0.25, 0.3) is 0 Å². The highest BCUT2D eigenvalue weighted by atomic mass is 19.1. The van der Waals surface area contributed by atoms with E-state index in [2.05, 4.69) is 4.98 Å². The molecule has 0 spiro atoms. The van der Waals surface area contributed by atoms with Gasteiger partial charge in [0.1, 0.15) is 29.7 Å². The molecule has 0 fully saturated rings. The second-order valence-electron chi connectivity index (χ2n) is 7.80. The van der Waals surface area contributed by atoms with E-state index in [0.717, 1.165) is 36.3 Å². The van der Waals surface area contributed by atoms with Crippen LogP contribution in [0.3, 0.4) is 0 Å². The molecule has 0 amide bonds. The Balaban J connectivity index is 1.57. The van der Waals surface area contributed by atoms with Crippen molar-refractivity contribution in [2.45, 2.75) is 25.7 Å². The van der Waals surface area contributed by atoms with Crippen LogP contribution in [0.4, 0.5) is 10.2 Å². The molecule has 0 saturated heterocycles. The number of halogens is 1. The number of aliphatic hydroxyl groups excluding tert-OH is 1. The number of Topliss-reactive ketones (excluding diaryl/α,β-unsaturated/α-hetero) is 1. The van der Waals surface area contributed by atoms with Crippen LogP contribution in [-0.4, -0.2) is 52.6 Å². The molecular formula is C24H25FN4O3. The normalized spacial score (nSPS) is 12.5. The molecule has 1 N–H and O–H groups in total. The van der Waals surface area contributed by atoms with Gasteiger partial charge in [-0.2, -0.15) is 0 Å². The van der Waals surface area contributed by atoms with E-state index in [1.807, 2.05) is 11.9 Å². The van der Waals surface area contributed by atoms with Crippen LogP contribution >= 0.6 is 0 Å². The first-order valence-corrected chi connectivity index (χ1v) is 10.6. The van der Waals surface area contributed by atoms with Crippen LogP contribution < -0.4 is 9.64 Å². The largest absolute Gasteiger partial charge is 0.491 e. The summed E-state index contributed by atoms with van der Waals surface area (Å²) in [4.78, 5) is 28.3. The third-order valence-corrected chi connectivity index (χ3v) is 5.30. The number of aromatic nitrogens is 3. The minimum absolute atomic E-state index is 0.0254. The van der Waals surface area contributed by atoms with E-state index >= 15 is 0 Å². The van der Waals surface area contributed by atoms with Gasteiger partial charge in [0.15, 0.2) is 11.6 Å². The van der Waals surface area contributed by atoms with E-state index in [4.69, 9.17) is 19.8 Å². The number of likely N-dealkylation sites (N-methyl/N-ethyl adjacent to an activating group) is 1. The average Bonchev–Trinajstić information content (AvgIpc) is 3.26. The van der Waals surface area contributed by atoms with Gasteiger partial charge < -0.3 is 14.7 Å². The lowest BCUT2D eigenvalue weighted by molar-refractivity contribution is -0.117. The maximum absolute atomic E-state index is 13.4. The lowest BCUT2D eigenvalue weighted by atomic mass is 10.1. The van der Waals surface area contributed by atoms with Crippen molar-refractivity contribution in [3.63, 3.8) is 0 Å². The lowest BCUT2D eigenvalue weighted by Gasteiger charge is -2.21. The van der Waals surface area contributed by atoms with Gasteiger partial charge in [-0.3, -0.25) is 9.78 Å². The first-order chi connectivity index (χ1) is 15.5. The number of pyridine rings is 1. The first kappa shape index (κ1) is 21.8. The van der Waals surface area contributed by atoms with Crippen LogP contribution in [0.25, 0.3) is 11.5 Å². The third-order valence-electron chi connectivity index (χ3n) is 5.30. The predicted octanol–water partition coefficient (Wildman–Crippen LogP) is 2.79. The standard InChI is InChI=1S/C24H25FN4O3/c1-29(15-18(31)13-16-4-2-5-17(25)12-16)24-20-6-3-7-21(20)27-23(28-24)22-14-19(8-9-26-22)32-11-10-30/h2,4-5,8-9,12,14,30H,3,6-7,10-11,13,15H2,1H3. The summed E-state index contributed by atoms with van der Waals surface area (Å²) in [7, 11) is 1.84. The van der Waals surface area contributed by atoms with Crippen molar-refractivity contribution >= 4 is 11.6 Å². The fourth-order valence-electron chi connectivity index (χ4n) is 3.90. The number of carbonyl (C=O) groups is 1. The lowest BCUT2D eigenvalue weighted by Crippen LogP contribution is -2.28. The Morgan fingerprint density at radius 3 is 2.91 bits per heavy atom. The molecular weight excluding hydrogens is 411 g/mol. The molecule has 0 radical (unpaired) electrons. The summed E-state index contributed by atoms with van der Waals surface area (Å²) in [5.74, 6) is 1.40. The van der Waals surface area contributed by atoms with Crippen molar-refractivity contribution in [1.29, 1.82) is 0 Å². The molecule has 1 aliphatic rings. The van der Waals surface area contributed by atoms with E-state index in [9.17, 15) is 9.18 Å². The van der Waals surface area contributed by atoms with E-state index < -0.39 is 0 Å². The van der Waals surface area contributed by atoms with Crippen molar-refractivity contribution in [1.82, 2.24) is 15.0 Å². The molecule has 8 heteroatoms. The molecule has 32 heavy (non-hydrogen) atoms. The van der Waals surface area contributed by atoms with Gasteiger partial charge in [-0.1, -0.05) is 12.1 Å². The van der Waals surface area contributed by atoms with E-state index in [0.29, 0.717) is 22.8 Å². The van der Waals surface area contributed by atoms with Crippen LogP contribution in [0.1, 0.15) is 23.2 Å². The summed E-state index contributed by atoms with van der Waals surface area (Å²) < 4.78 is 18.9. The Bertz CT molecular complexity index is 1120. The molecule has 3 aromatic rings. The van der Waals surface area contributed by atoms with Crippen molar-refractivity contribution in [3.8, 4) is 17.3 Å². The summed E-state index contributed by atoms with van der Waals surface area (Å²) in [6, 6.07) is 9.56. The van der Waals surface area contributed by atoms with E-state index in [1.165, 1.54) is 12.1 Å². The minimum Gasteiger partial charge on any atom is -0.491 e. The molecule has 1 aromatic carbocycles. The van der Waals surface area contributed by atoms with Crippen molar-refractivity contribution in [3.05, 3.63) is 65.2 Å². The number of anilines is 1. The summed E-state index contributed by atoms with van der Waals surface area (Å²) in [5, 5.41) is 8.98. The number of nitrogens with zero attached hydrogens (tertiary/aromatic N) is 4.